The second-order valence-electron chi connectivity index (χ2n) is 8.07. The minimum absolute atomic E-state index is 0.261. The summed E-state index contributed by atoms with van der Waals surface area (Å²) in [5.41, 5.74) is 4.80. The Bertz CT molecular complexity index is 1290. The van der Waals surface area contributed by atoms with Crippen molar-refractivity contribution in [1.82, 2.24) is 10.7 Å². The Labute approximate surface area is 208 Å². The molecule has 0 aromatic heterocycles. The first kappa shape index (κ1) is 24.4. The third-order valence-corrected chi connectivity index (χ3v) is 5.68. The van der Waals surface area contributed by atoms with Crippen molar-refractivity contribution in [3.05, 3.63) is 102 Å². The van der Waals surface area contributed by atoms with Crippen LogP contribution in [0.25, 0.3) is 6.08 Å². The predicted molar refractivity (Wildman–Crippen MR) is 136 cm³/mol. The Morgan fingerprint density at radius 2 is 1.75 bits per heavy atom. The Morgan fingerprint density at radius 3 is 2.50 bits per heavy atom. The molecule has 2 atom stereocenters. The molecule has 0 spiro atoms. The molecule has 1 aliphatic heterocycles. The first-order valence-electron chi connectivity index (χ1n) is 11.3. The van der Waals surface area contributed by atoms with Crippen molar-refractivity contribution in [2.24, 2.45) is 11.0 Å². The van der Waals surface area contributed by atoms with Crippen LogP contribution in [-0.2, 0) is 14.4 Å². The number of hydrogen-bond acceptors (Lipinski definition) is 6. The first-order chi connectivity index (χ1) is 17.5. The van der Waals surface area contributed by atoms with Gasteiger partial charge in [0.15, 0.2) is 0 Å². The minimum Gasteiger partial charge on any atom is -0.497 e. The van der Waals surface area contributed by atoms with E-state index in [1.54, 1.807) is 49.6 Å². The van der Waals surface area contributed by atoms with Crippen LogP contribution in [0.5, 0.6) is 11.5 Å². The topological polar surface area (TPSA) is 106 Å². The molecule has 1 heterocycles. The highest BCUT2D eigenvalue weighted by Gasteiger charge is 2.40. The Balaban J connectivity index is 1.34. The lowest BCUT2D eigenvalue weighted by Gasteiger charge is -2.15. The fraction of sp³-hybridized carbons (Fsp3) is 0.143. The van der Waals surface area contributed by atoms with Crippen LogP contribution in [0.3, 0.4) is 0 Å². The van der Waals surface area contributed by atoms with Crippen molar-refractivity contribution in [2.45, 2.75) is 5.92 Å². The van der Waals surface area contributed by atoms with Gasteiger partial charge in [-0.1, -0.05) is 54.6 Å². The van der Waals surface area contributed by atoms with Gasteiger partial charge in [0.2, 0.25) is 5.91 Å². The van der Waals surface area contributed by atoms with Gasteiger partial charge >= 0.3 is 5.97 Å². The predicted octanol–water partition coefficient (Wildman–Crippen LogP) is 3.29. The maximum absolute atomic E-state index is 12.7. The van der Waals surface area contributed by atoms with Crippen molar-refractivity contribution in [1.29, 1.82) is 0 Å². The molecule has 2 N–H and O–H groups in total. The van der Waals surface area contributed by atoms with Crippen LogP contribution in [0.4, 0.5) is 0 Å². The van der Waals surface area contributed by atoms with Gasteiger partial charge in [0.05, 0.1) is 13.3 Å². The van der Waals surface area contributed by atoms with Gasteiger partial charge in [-0.25, -0.2) is 10.2 Å². The van der Waals surface area contributed by atoms with E-state index >= 15 is 0 Å². The zero-order valence-corrected chi connectivity index (χ0v) is 19.6. The second kappa shape index (κ2) is 11.6. The highest BCUT2D eigenvalue weighted by molar-refractivity contribution is 6.03. The van der Waals surface area contributed by atoms with Crippen LogP contribution < -0.4 is 20.2 Å². The molecular formula is C28H25N3O5. The number of benzene rings is 3. The Kier molecular flexibility index (Phi) is 7.87. The van der Waals surface area contributed by atoms with Crippen LogP contribution in [0.2, 0.25) is 0 Å². The van der Waals surface area contributed by atoms with Crippen molar-refractivity contribution < 1.29 is 23.9 Å². The van der Waals surface area contributed by atoms with Gasteiger partial charge in [0, 0.05) is 18.5 Å². The SMILES string of the molecule is COc1ccc(/C=C/C(=O)Oc2cccc(/C=N\NC(=O)C3C(=O)NCC3c3ccccc3)c2)cc1. The summed E-state index contributed by atoms with van der Waals surface area (Å²) in [6.07, 6.45) is 4.40. The lowest BCUT2D eigenvalue weighted by Crippen LogP contribution is -2.34. The van der Waals surface area contributed by atoms with E-state index in [0.29, 0.717) is 17.9 Å². The standard InChI is InChI=1S/C28H25N3O5/c1-35-22-13-10-19(11-14-22)12-15-25(32)36-23-9-5-6-20(16-23)17-30-31-28(34)26-24(18-29-27(26)33)21-7-3-2-4-8-21/h2-17,24,26H,18H2,1H3,(H,29,33)(H,31,34)/b15-12+,30-17-. The number of esters is 1. The Morgan fingerprint density at radius 1 is 0.972 bits per heavy atom. The largest absolute Gasteiger partial charge is 0.497 e. The van der Waals surface area contributed by atoms with Gasteiger partial charge in [-0.05, 0) is 47.0 Å². The van der Waals surface area contributed by atoms with Crippen molar-refractivity contribution in [3.8, 4) is 11.5 Å². The van der Waals surface area contributed by atoms with E-state index in [-0.39, 0.29) is 11.8 Å². The molecule has 36 heavy (non-hydrogen) atoms. The molecule has 0 radical (unpaired) electrons. The van der Waals surface area contributed by atoms with Crippen molar-refractivity contribution in [3.63, 3.8) is 0 Å². The average molecular weight is 484 g/mol. The van der Waals surface area contributed by atoms with Crippen LogP contribution in [0.15, 0.2) is 90.0 Å². The van der Waals surface area contributed by atoms with Crippen molar-refractivity contribution >= 4 is 30.1 Å². The van der Waals surface area contributed by atoms with Crippen molar-refractivity contribution in [2.75, 3.05) is 13.7 Å². The summed E-state index contributed by atoms with van der Waals surface area (Å²) in [5, 5.41) is 6.74. The fourth-order valence-electron chi connectivity index (χ4n) is 3.86. The molecule has 1 saturated heterocycles. The maximum Gasteiger partial charge on any atom is 0.336 e. The van der Waals surface area contributed by atoms with E-state index in [1.807, 2.05) is 42.5 Å². The summed E-state index contributed by atoms with van der Waals surface area (Å²) in [4.78, 5) is 37.2. The van der Waals surface area contributed by atoms with Gasteiger partial charge in [-0.2, -0.15) is 5.10 Å². The third kappa shape index (κ3) is 6.24. The molecule has 3 aromatic rings. The van der Waals surface area contributed by atoms with Gasteiger partial charge in [0.1, 0.15) is 17.4 Å². The monoisotopic (exact) mass is 483 g/mol. The molecule has 4 rings (SSSR count). The first-order valence-corrected chi connectivity index (χ1v) is 11.3. The molecule has 2 unspecified atom stereocenters. The van der Waals surface area contributed by atoms with Gasteiger partial charge in [-0.15, -0.1) is 0 Å². The fourth-order valence-corrected chi connectivity index (χ4v) is 3.86. The van der Waals surface area contributed by atoms with E-state index in [1.165, 1.54) is 12.3 Å². The third-order valence-electron chi connectivity index (χ3n) is 5.68. The van der Waals surface area contributed by atoms with Gasteiger partial charge in [0.25, 0.3) is 5.91 Å². The molecule has 1 aliphatic rings. The molecule has 8 nitrogen and oxygen atoms in total. The number of hydrazone groups is 1. The molecular weight excluding hydrogens is 458 g/mol. The van der Waals surface area contributed by atoms with Crippen LogP contribution >= 0.6 is 0 Å². The number of nitrogens with one attached hydrogen (secondary N) is 2. The lowest BCUT2D eigenvalue weighted by atomic mass is 9.88. The summed E-state index contributed by atoms with van der Waals surface area (Å²) >= 11 is 0. The number of carbonyl (C=O) groups excluding carboxylic acids is 3. The summed E-state index contributed by atoms with van der Waals surface area (Å²) < 4.78 is 10.5. The normalized spacial score (nSPS) is 17.2. The quantitative estimate of drug-likeness (QED) is 0.128. The highest BCUT2D eigenvalue weighted by atomic mass is 16.5. The number of rotatable bonds is 8. The summed E-state index contributed by atoms with van der Waals surface area (Å²) in [7, 11) is 1.59. The molecule has 0 bridgehead atoms. The van der Waals surface area contributed by atoms with Gasteiger partial charge in [-0.3, -0.25) is 9.59 Å². The van der Waals surface area contributed by atoms with E-state index in [9.17, 15) is 14.4 Å². The molecule has 0 aliphatic carbocycles. The average Bonchev–Trinajstić information content (AvgIpc) is 3.30. The molecule has 3 aromatic carbocycles. The Hall–Kier alpha value is -4.72. The van der Waals surface area contributed by atoms with E-state index < -0.39 is 17.8 Å². The number of nitrogens with zero attached hydrogens (tertiary/aromatic N) is 1. The molecule has 8 heteroatoms. The number of amides is 2. The summed E-state index contributed by atoms with van der Waals surface area (Å²) in [5.74, 6) is -1.42. The molecule has 0 saturated carbocycles. The maximum atomic E-state index is 12.7. The minimum atomic E-state index is -0.866. The smallest absolute Gasteiger partial charge is 0.336 e. The summed E-state index contributed by atoms with van der Waals surface area (Å²) in [6.45, 7) is 0.394. The van der Waals surface area contributed by atoms with E-state index in [0.717, 1.165) is 16.9 Å². The van der Waals surface area contributed by atoms with Crippen LogP contribution in [0, 0.1) is 5.92 Å². The summed E-state index contributed by atoms with van der Waals surface area (Å²) in [6, 6.07) is 23.4. The number of ether oxygens (including phenoxy) is 2. The lowest BCUT2D eigenvalue weighted by molar-refractivity contribution is -0.133. The zero-order valence-electron chi connectivity index (χ0n) is 19.6. The number of hydrogen-bond donors (Lipinski definition) is 2. The molecule has 182 valence electrons. The zero-order chi connectivity index (χ0) is 25.3. The molecule has 2 amide bonds. The highest BCUT2D eigenvalue weighted by Crippen LogP contribution is 2.29. The van der Waals surface area contributed by atoms with Gasteiger partial charge < -0.3 is 14.8 Å². The number of methoxy groups -OCH3 is 1. The van der Waals surface area contributed by atoms with E-state index in [4.69, 9.17) is 9.47 Å². The van der Waals surface area contributed by atoms with Crippen LogP contribution in [0.1, 0.15) is 22.6 Å². The second-order valence-corrected chi connectivity index (χ2v) is 8.07. The number of carbonyl (C=O) groups is 3. The van der Waals surface area contributed by atoms with Crippen LogP contribution in [-0.4, -0.2) is 37.7 Å². The molecule has 1 fully saturated rings. The van der Waals surface area contributed by atoms with E-state index in [2.05, 4.69) is 15.8 Å².